The molecule has 0 saturated carbocycles. The van der Waals surface area contributed by atoms with Gasteiger partial charge >= 0.3 is 0 Å². The molecule has 3 heteroatoms. The van der Waals surface area contributed by atoms with E-state index in [1.165, 1.54) is 37.8 Å². The maximum atomic E-state index is 12.9. The van der Waals surface area contributed by atoms with Crippen LogP contribution in [0.4, 0.5) is 4.39 Å². The van der Waals surface area contributed by atoms with E-state index in [0.29, 0.717) is 0 Å². The van der Waals surface area contributed by atoms with Crippen molar-refractivity contribution in [3.8, 4) is 5.75 Å². The first kappa shape index (κ1) is 13.3. The van der Waals surface area contributed by atoms with E-state index >= 15 is 0 Å². The van der Waals surface area contributed by atoms with Crippen LogP contribution in [0.5, 0.6) is 5.75 Å². The van der Waals surface area contributed by atoms with Crippen LogP contribution in [-0.2, 0) is 0 Å². The molecule has 0 aliphatic carbocycles. The van der Waals surface area contributed by atoms with Gasteiger partial charge in [-0.2, -0.15) is 0 Å². The summed E-state index contributed by atoms with van der Waals surface area (Å²) in [6, 6.07) is 6.33. The molecule has 1 aliphatic heterocycles. The molecule has 1 heterocycles. The van der Waals surface area contributed by atoms with E-state index in [1.54, 1.807) is 12.1 Å². The highest BCUT2D eigenvalue weighted by Crippen LogP contribution is 2.21. The SMILES string of the molecule is CCCCC(Oc1ccc(F)cc1)N1CCCC1. The topological polar surface area (TPSA) is 12.5 Å². The quantitative estimate of drug-likeness (QED) is 0.762. The summed E-state index contributed by atoms with van der Waals surface area (Å²) in [4.78, 5) is 2.40. The number of nitrogens with zero attached hydrogens (tertiary/aromatic N) is 1. The van der Waals surface area contributed by atoms with Crippen molar-refractivity contribution in [1.82, 2.24) is 4.90 Å². The van der Waals surface area contributed by atoms with E-state index in [1.807, 2.05) is 0 Å². The molecule has 1 atom stereocenters. The Kier molecular flexibility index (Phi) is 5.00. The van der Waals surface area contributed by atoms with Crippen molar-refractivity contribution < 1.29 is 9.13 Å². The largest absolute Gasteiger partial charge is 0.475 e. The second-order valence-electron chi connectivity index (χ2n) is 4.91. The lowest BCUT2D eigenvalue weighted by Crippen LogP contribution is -2.37. The number of halogens is 1. The second-order valence-corrected chi connectivity index (χ2v) is 4.91. The number of hydrogen-bond acceptors (Lipinski definition) is 2. The minimum atomic E-state index is -0.214. The smallest absolute Gasteiger partial charge is 0.152 e. The van der Waals surface area contributed by atoms with E-state index in [2.05, 4.69) is 11.8 Å². The van der Waals surface area contributed by atoms with Crippen LogP contribution >= 0.6 is 0 Å². The lowest BCUT2D eigenvalue weighted by atomic mass is 10.2. The molecule has 0 spiro atoms. The fourth-order valence-corrected chi connectivity index (χ4v) is 2.39. The van der Waals surface area contributed by atoms with Crippen LogP contribution in [0.25, 0.3) is 0 Å². The summed E-state index contributed by atoms with van der Waals surface area (Å²) in [5, 5.41) is 0. The Labute approximate surface area is 109 Å². The van der Waals surface area contributed by atoms with Crippen LogP contribution < -0.4 is 4.74 Å². The summed E-state index contributed by atoms with van der Waals surface area (Å²) in [5.74, 6) is 0.554. The van der Waals surface area contributed by atoms with Crippen molar-refractivity contribution >= 4 is 0 Å². The Balaban J connectivity index is 1.97. The summed E-state index contributed by atoms with van der Waals surface area (Å²) in [5.41, 5.74) is 0. The molecule has 2 rings (SSSR count). The van der Waals surface area contributed by atoms with Crippen LogP contribution in [0, 0.1) is 5.82 Å². The Bertz CT molecular complexity index is 346. The fourth-order valence-electron chi connectivity index (χ4n) is 2.39. The molecule has 1 aromatic rings. The van der Waals surface area contributed by atoms with Gasteiger partial charge in [-0.3, -0.25) is 4.90 Å². The number of benzene rings is 1. The van der Waals surface area contributed by atoms with Gasteiger partial charge in [0.1, 0.15) is 11.6 Å². The maximum absolute atomic E-state index is 12.9. The third kappa shape index (κ3) is 3.70. The Morgan fingerprint density at radius 2 is 1.89 bits per heavy atom. The van der Waals surface area contributed by atoms with E-state index in [9.17, 15) is 4.39 Å². The molecule has 2 nitrogen and oxygen atoms in total. The van der Waals surface area contributed by atoms with E-state index in [0.717, 1.165) is 25.3 Å². The number of rotatable bonds is 6. The van der Waals surface area contributed by atoms with Crippen LogP contribution in [0.2, 0.25) is 0 Å². The number of hydrogen-bond donors (Lipinski definition) is 0. The van der Waals surface area contributed by atoms with Crippen molar-refractivity contribution in [2.75, 3.05) is 13.1 Å². The summed E-state index contributed by atoms with van der Waals surface area (Å²) in [6.07, 6.45) is 6.07. The second kappa shape index (κ2) is 6.74. The third-order valence-corrected chi connectivity index (χ3v) is 3.44. The van der Waals surface area contributed by atoms with Crippen LogP contribution in [0.15, 0.2) is 24.3 Å². The van der Waals surface area contributed by atoms with Gasteiger partial charge in [0.05, 0.1) is 0 Å². The first-order valence-corrected chi connectivity index (χ1v) is 6.96. The van der Waals surface area contributed by atoms with Crippen molar-refractivity contribution in [3.63, 3.8) is 0 Å². The highest BCUT2D eigenvalue weighted by molar-refractivity contribution is 5.22. The fraction of sp³-hybridized carbons (Fsp3) is 0.600. The van der Waals surface area contributed by atoms with Gasteiger partial charge in [-0.25, -0.2) is 4.39 Å². The zero-order valence-electron chi connectivity index (χ0n) is 11.1. The van der Waals surface area contributed by atoms with E-state index in [4.69, 9.17) is 4.74 Å². The molecule has 0 radical (unpaired) electrons. The molecular weight excluding hydrogens is 229 g/mol. The van der Waals surface area contributed by atoms with Gasteiger partial charge in [-0.1, -0.05) is 13.3 Å². The van der Waals surface area contributed by atoms with Crippen molar-refractivity contribution in [3.05, 3.63) is 30.1 Å². The molecule has 1 unspecified atom stereocenters. The number of unbranched alkanes of at least 4 members (excludes halogenated alkanes) is 1. The normalized spacial score (nSPS) is 17.9. The molecule has 100 valence electrons. The average Bonchev–Trinajstić information content (AvgIpc) is 2.90. The summed E-state index contributed by atoms with van der Waals surface area (Å²) in [7, 11) is 0. The molecule has 1 aliphatic rings. The zero-order valence-corrected chi connectivity index (χ0v) is 11.1. The lowest BCUT2D eigenvalue weighted by molar-refractivity contribution is 0.0344. The van der Waals surface area contributed by atoms with Gasteiger partial charge in [-0.15, -0.1) is 0 Å². The summed E-state index contributed by atoms with van der Waals surface area (Å²) >= 11 is 0. The molecule has 0 N–H and O–H groups in total. The van der Waals surface area contributed by atoms with Crippen molar-refractivity contribution in [1.29, 1.82) is 0 Å². The molecule has 0 amide bonds. The highest BCUT2D eigenvalue weighted by atomic mass is 19.1. The Hall–Kier alpha value is -1.09. The van der Waals surface area contributed by atoms with Crippen molar-refractivity contribution in [2.45, 2.75) is 45.3 Å². The van der Waals surface area contributed by atoms with E-state index in [-0.39, 0.29) is 12.0 Å². The van der Waals surface area contributed by atoms with Crippen molar-refractivity contribution in [2.24, 2.45) is 0 Å². The van der Waals surface area contributed by atoms with Gasteiger partial charge < -0.3 is 4.74 Å². The van der Waals surface area contributed by atoms with E-state index < -0.39 is 0 Å². The summed E-state index contributed by atoms with van der Waals surface area (Å²) < 4.78 is 18.9. The third-order valence-electron chi connectivity index (χ3n) is 3.44. The molecule has 0 aromatic heterocycles. The molecule has 1 saturated heterocycles. The predicted molar refractivity (Wildman–Crippen MR) is 71.1 cm³/mol. The standard InChI is InChI=1S/C15H22FNO/c1-2-3-6-15(17-11-4-5-12-17)18-14-9-7-13(16)8-10-14/h7-10,15H,2-6,11-12H2,1H3. The first-order valence-electron chi connectivity index (χ1n) is 6.96. The number of ether oxygens (including phenoxy) is 1. The minimum Gasteiger partial charge on any atom is -0.475 e. The van der Waals surface area contributed by atoms with Crippen LogP contribution in [-0.4, -0.2) is 24.2 Å². The van der Waals surface area contributed by atoms with Gasteiger partial charge in [0.15, 0.2) is 6.23 Å². The molecule has 1 fully saturated rings. The number of likely N-dealkylation sites (tertiary alicyclic amines) is 1. The molecular formula is C15H22FNO. The summed E-state index contributed by atoms with van der Waals surface area (Å²) in [6.45, 7) is 4.43. The van der Waals surface area contributed by atoms with Crippen LogP contribution in [0.3, 0.4) is 0 Å². The highest BCUT2D eigenvalue weighted by Gasteiger charge is 2.22. The van der Waals surface area contributed by atoms with Gasteiger partial charge in [0, 0.05) is 13.1 Å². The first-order chi connectivity index (χ1) is 8.79. The molecule has 18 heavy (non-hydrogen) atoms. The van der Waals surface area contributed by atoms with Gasteiger partial charge in [0.2, 0.25) is 0 Å². The minimum absolute atomic E-state index is 0.151. The zero-order chi connectivity index (χ0) is 12.8. The Morgan fingerprint density at radius 3 is 2.50 bits per heavy atom. The average molecular weight is 251 g/mol. The Morgan fingerprint density at radius 1 is 1.22 bits per heavy atom. The monoisotopic (exact) mass is 251 g/mol. The molecule has 1 aromatic carbocycles. The van der Waals surface area contributed by atoms with Gasteiger partial charge in [0.25, 0.3) is 0 Å². The predicted octanol–water partition coefficient (Wildman–Crippen LogP) is 3.82. The van der Waals surface area contributed by atoms with Gasteiger partial charge in [-0.05, 0) is 49.9 Å². The maximum Gasteiger partial charge on any atom is 0.152 e. The molecule has 0 bridgehead atoms. The van der Waals surface area contributed by atoms with Crippen LogP contribution in [0.1, 0.15) is 39.0 Å². The lowest BCUT2D eigenvalue weighted by Gasteiger charge is -2.28.